The van der Waals surface area contributed by atoms with E-state index in [1.807, 2.05) is 30.3 Å². The first-order valence-electron chi connectivity index (χ1n) is 10.1. The molecule has 168 valence electrons. The predicted octanol–water partition coefficient (Wildman–Crippen LogP) is 5.01. The van der Waals surface area contributed by atoms with Crippen LogP contribution in [0, 0.1) is 0 Å². The molecule has 2 aromatic rings. The van der Waals surface area contributed by atoms with Gasteiger partial charge in [0.05, 0.1) is 35.8 Å². The van der Waals surface area contributed by atoms with E-state index in [2.05, 4.69) is 16.3 Å². The third-order valence-corrected chi connectivity index (χ3v) is 7.43. The van der Waals surface area contributed by atoms with Crippen LogP contribution in [0.25, 0.3) is 0 Å². The Labute approximate surface area is 192 Å². The molecule has 3 aliphatic rings. The van der Waals surface area contributed by atoms with Crippen molar-refractivity contribution in [1.82, 2.24) is 9.88 Å². The summed E-state index contributed by atoms with van der Waals surface area (Å²) in [6.07, 6.45) is -5.25. The van der Waals surface area contributed by atoms with E-state index in [1.165, 1.54) is 16.8 Å². The second kappa shape index (κ2) is 7.46. The molecule has 0 radical (unpaired) electrons. The zero-order valence-electron chi connectivity index (χ0n) is 17.1. The van der Waals surface area contributed by atoms with Gasteiger partial charge in [-0.1, -0.05) is 29.8 Å². The van der Waals surface area contributed by atoms with Gasteiger partial charge < -0.3 is 9.64 Å². The van der Waals surface area contributed by atoms with E-state index in [-0.39, 0.29) is 17.8 Å². The number of benzene rings is 1. The number of hydrogen-bond donors (Lipinski definition) is 0. The molecule has 5 rings (SSSR count). The number of amides is 1. The first-order chi connectivity index (χ1) is 15.1. The molecular weight excluding hydrogens is 463 g/mol. The molecular formula is C22H19ClF3N3O2S. The molecule has 32 heavy (non-hydrogen) atoms. The third kappa shape index (κ3) is 3.80. The number of carbonyl (C=O) groups is 1. The Balaban J connectivity index is 1.30. The molecule has 0 saturated carbocycles. The van der Waals surface area contributed by atoms with E-state index in [9.17, 15) is 18.0 Å². The molecule has 1 unspecified atom stereocenters. The van der Waals surface area contributed by atoms with Crippen LogP contribution in [0.5, 0.6) is 0 Å². The highest BCUT2D eigenvalue weighted by Gasteiger charge is 2.52. The van der Waals surface area contributed by atoms with Gasteiger partial charge in [0.1, 0.15) is 17.2 Å². The average Bonchev–Trinajstić information content (AvgIpc) is 3.27. The van der Waals surface area contributed by atoms with Gasteiger partial charge in [-0.15, -0.1) is 0 Å². The lowest BCUT2D eigenvalue weighted by Gasteiger charge is -2.47. The van der Waals surface area contributed by atoms with E-state index in [0.717, 1.165) is 28.1 Å². The fourth-order valence-electron chi connectivity index (χ4n) is 4.46. The van der Waals surface area contributed by atoms with Crippen LogP contribution in [-0.2, 0) is 26.5 Å². The number of hydrogen-bond acceptors (Lipinski definition) is 5. The highest BCUT2D eigenvalue weighted by atomic mass is 35.5. The van der Waals surface area contributed by atoms with Crippen molar-refractivity contribution < 1.29 is 22.7 Å². The number of halogens is 4. The van der Waals surface area contributed by atoms with E-state index in [0.29, 0.717) is 18.2 Å². The maximum atomic E-state index is 12.5. The first kappa shape index (κ1) is 21.7. The molecule has 0 aliphatic carbocycles. The Morgan fingerprint density at radius 1 is 1.28 bits per heavy atom. The molecule has 0 N–H and O–H groups in total. The van der Waals surface area contributed by atoms with Crippen LogP contribution < -0.4 is 0 Å². The minimum atomic E-state index is -4.50. The van der Waals surface area contributed by atoms with Crippen LogP contribution in [0.4, 0.5) is 13.2 Å². The largest absolute Gasteiger partial charge is 0.397 e. The molecule has 1 aromatic heterocycles. The minimum Gasteiger partial charge on any atom is -0.362 e. The lowest BCUT2D eigenvalue weighted by molar-refractivity contribution is -0.185. The standard InChI is InChI=1S/C22H19ClF3N3O2S/c1-20(17-3-2-4-18(23)27-17)8-16(28-32-20)13-5-6-15-14(7-13)10-31-21(15)11-29(12-21)19(30)9-22(24,25)26/h2-7H,8-12H2,1H3. The molecule has 1 aromatic carbocycles. The monoisotopic (exact) mass is 481 g/mol. The van der Waals surface area contributed by atoms with E-state index in [4.69, 9.17) is 16.3 Å². The summed E-state index contributed by atoms with van der Waals surface area (Å²) in [4.78, 5) is 17.5. The van der Waals surface area contributed by atoms with Crippen LogP contribution in [0.15, 0.2) is 40.8 Å². The van der Waals surface area contributed by atoms with Gasteiger partial charge in [0.25, 0.3) is 0 Å². The summed E-state index contributed by atoms with van der Waals surface area (Å²) in [7, 11) is 0. The van der Waals surface area contributed by atoms with Gasteiger partial charge in [-0.3, -0.25) is 4.79 Å². The van der Waals surface area contributed by atoms with Crippen LogP contribution in [0.3, 0.4) is 0 Å². The Bertz CT molecular complexity index is 1130. The molecule has 1 atom stereocenters. The molecule has 1 amide bonds. The van der Waals surface area contributed by atoms with E-state index in [1.54, 1.807) is 6.07 Å². The fourth-order valence-corrected chi connectivity index (χ4v) is 5.51. The van der Waals surface area contributed by atoms with Gasteiger partial charge in [-0.25, -0.2) is 9.38 Å². The van der Waals surface area contributed by atoms with Crippen LogP contribution in [0.1, 0.15) is 42.1 Å². The number of nitrogens with zero attached hydrogens (tertiary/aromatic N) is 3. The molecule has 0 bridgehead atoms. The summed E-state index contributed by atoms with van der Waals surface area (Å²) in [6, 6.07) is 11.5. The minimum absolute atomic E-state index is 0.142. The zero-order valence-corrected chi connectivity index (χ0v) is 18.7. The van der Waals surface area contributed by atoms with Crippen LogP contribution in [-0.4, -0.2) is 40.8 Å². The number of ether oxygens (including phenoxy) is 1. The molecule has 1 spiro atoms. The molecule has 1 saturated heterocycles. The quantitative estimate of drug-likeness (QED) is 0.457. The second-order valence-corrected chi connectivity index (χ2v) is 10.2. The number of likely N-dealkylation sites (tertiary alicyclic amines) is 1. The van der Waals surface area contributed by atoms with Gasteiger partial charge in [0.2, 0.25) is 5.91 Å². The highest BCUT2D eigenvalue weighted by Crippen LogP contribution is 2.47. The van der Waals surface area contributed by atoms with Crippen molar-refractivity contribution in [3.05, 3.63) is 63.9 Å². The Kier molecular flexibility index (Phi) is 5.07. The first-order valence-corrected chi connectivity index (χ1v) is 11.2. The Morgan fingerprint density at radius 3 is 2.78 bits per heavy atom. The Hall–Kier alpha value is -2.10. The normalized spacial score (nSPS) is 23.8. The smallest absolute Gasteiger partial charge is 0.362 e. The number of aromatic nitrogens is 1. The van der Waals surface area contributed by atoms with Gasteiger partial charge >= 0.3 is 6.18 Å². The lowest BCUT2D eigenvalue weighted by atomic mass is 9.83. The van der Waals surface area contributed by atoms with E-state index < -0.39 is 24.1 Å². The highest BCUT2D eigenvalue weighted by molar-refractivity contribution is 7.99. The SMILES string of the molecule is CC1(c2cccc(Cl)n2)CC(c2ccc3c(c2)COC32CN(C(=O)CC(F)(F)F)C2)=NS1. The van der Waals surface area contributed by atoms with Crippen molar-refractivity contribution in [3.8, 4) is 0 Å². The van der Waals surface area contributed by atoms with Gasteiger partial charge in [-0.2, -0.15) is 13.2 Å². The Morgan fingerprint density at radius 2 is 2.06 bits per heavy atom. The lowest BCUT2D eigenvalue weighted by Crippen LogP contribution is -2.61. The number of rotatable bonds is 3. The van der Waals surface area contributed by atoms with Crippen molar-refractivity contribution in [2.75, 3.05) is 13.1 Å². The van der Waals surface area contributed by atoms with Gasteiger partial charge in [0, 0.05) is 6.42 Å². The molecule has 10 heteroatoms. The summed E-state index contributed by atoms with van der Waals surface area (Å²) in [5, 5.41) is 0.445. The number of carbonyl (C=O) groups excluding carboxylic acids is 1. The summed E-state index contributed by atoms with van der Waals surface area (Å²) >= 11 is 7.52. The van der Waals surface area contributed by atoms with Crippen LogP contribution in [0.2, 0.25) is 5.15 Å². The van der Waals surface area contributed by atoms with Crippen molar-refractivity contribution >= 4 is 35.2 Å². The number of alkyl halides is 3. The summed E-state index contributed by atoms with van der Waals surface area (Å²) < 4.78 is 47.8. The maximum absolute atomic E-state index is 12.5. The molecule has 4 heterocycles. The number of pyridine rings is 1. The third-order valence-electron chi connectivity index (χ3n) is 6.15. The van der Waals surface area contributed by atoms with Crippen molar-refractivity contribution in [2.45, 2.75) is 42.9 Å². The van der Waals surface area contributed by atoms with Crippen molar-refractivity contribution in [3.63, 3.8) is 0 Å². The van der Waals surface area contributed by atoms with Crippen molar-refractivity contribution in [2.24, 2.45) is 4.40 Å². The zero-order chi connectivity index (χ0) is 22.7. The van der Waals surface area contributed by atoms with Crippen LogP contribution >= 0.6 is 23.5 Å². The maximum Gasteiger partial charge on any atom is 0.397 e. The van der Waals surface area contributed by atoms with Crippen molar-refractivity contribution in [1.29, 1.82) is 0 Å². The number of fused-ring (bicyclic) bond motifs is 2. The summed E-state index contributed by atoms with van der Waals surface area (Å²) in [6.45, 7) is 2.73. The van der Waals surface area contributed by atoms with Gasteiger partial charge in [-0.05, 0) is 53.8 Å². The topological polar surface area (TPSA) is 54.8 Å². The predicted molar refractivity (Wildman–Crippen MR) is 116 cm³/mol. The second-order valence-electron chi connectivity index (χ2n) is 8.58. The molecule has 1 fully saturated rings. The average molecular weight is 482 g/mol. The van der Waals surface area contributed by atoms with E-state index >= 15 is 0 Å². The fraction of sp³-hybridized carbons (Fsp3) is 0.409. The van der Waals surface area contributed by atoms with Gasteiger partial charge in [0.15, 0.2) is 0 Å². The molecule has 3 aliphatic heterocycles. The summed E-state index contributed by atoms with van der Waals surface area (Å²) in [5.41, 5.74) is 4.00. The summed E-state index contributed by atoms with van der Waals surface area (Å²) in [5.74, 6) is -0.914. The molecule has 5 nitrogen and oxygen atoms in total.